The van der Waals surface area contributed by atoms with Gasteiger partial charge in [0.1, 0.15) is 11.6 Å². The van der Waals surface area contributed by atoms with Gasteiger partial charge >= 0.3 is 0 Å². The summed E-state index contributed by atoms with van der Waals surface area (Å²) in [5, 5.41) is 0.639. The number of ether oxygens (including phenoxy) is 1. The first-order chi connectivity index (χ1) is 12.7. The van der Waals surface area contributed by atoms with E-state index >= 15 is 0 Å². The van der Waals surface area contributed by atoms with E-state index in [1.807, 2.05) is 30.3 Å². The minimum absolute atomic E-state index is 0.0672. The van der Waals surface area contributed by atoms with E-state index in [9.17, 15) is 4.79 Å². The third-order valence-corrected chi connectivity index (χ3v) is 4.85. The molecule has 1 saturated heterocycles. The highest BCUT2D eigenvalue weighted by molar-refractivity contribution is 5.77. The first kappa shape index (κ1) is 16.6. The maximum Gasteiger partial charge on any atom is 0.258 e. The highest BCUT2D eigenvalue weighted by Crippen LogP contribution is 2.20. The van der Waals surface area contributed by atoms with Crippen LogP contribution < -0.4 is 15.2 Å². The van der Waals surface area contributed by atoms with E-state index in [1.165, 1.54) is 5.69 Å². The van der Waals surface area contributed by atoms with Crippen LogP contribution in [0, 0.1) is 0 Å². The predicted octanol–water partition coefficient (Wildman–Crippen LogP) is 2.25. The summed E-state index contributed by atoms with van der Waals surface area (Å²) in [5.41, 5.74) is 1.90. The normalized spacial score (nSPS) is 15.3. The third kappa shape index (κ3) is 3.41. The second kappa shape index (κ2) is 7.17. The maximum absolute atomic E-state index is 12.2. The van der Waals surface area contributed by atoms with Crippen LogP contribution in [0.3, 0.4) is 0 Å². The lowest BCUT2D eigenvalue weighted by atomic mass is 10.2. The molecule has 0 unspecified atom stereocenters. The van der Waals surface area contributed by atoms with Crippen molar-refractivity contribution in [3.63, 3.8) is 0 Å². The molecule has 2 heterocycles. The number of aromatic nitrogens is 2. The van der Waals surface area contributed by atoms with Gasteiger partial charge in [0.05, 0.1) is 24.6 Å². The summed E-state index contributed by atoms with van der Waals surface area (Å²) in [6.45, 7) is 4.43. The number of H-pyrrole nitrogens is 1. The number of benzene rings is 2. The van der Waals surface area contributed by atoms with Crippen LogP contribution in [0.25, 0.3) is 10.9 Å². The molecular weight excluding hydrogens is 328 g/mol. The summed E-state index contributed by atoms with van der Waals surface area (Å²) in [6, 6.07) is 15.6. The van der Waals surface area contributed by atoms with Crippen molar-refractivity contribution in [3.8, 4) is 5.75 Å². The molecule has 134 valence electrons. The van der Waals surface area contributed by atoms with Gasteiger partial charge in [-0.25, -0.2) is 4.98 Å². The fourth-order valence-corrected chi connectivity index (χ4v) is 3.38. The fourth-order valence-electron chi connectivity index (χ4n) is 3.38. The van der Waals surface area contributed by atoms with Crippen molar-refractivity contribution in [2.24, 2.45) is 0 Å². The Hall–Kier alpha value is -2.86. The van der Waals surface area contributed by atoms with Crippen molar-refractivity contribution in [1.29, 1.82) is 0 Å². The molecule has 2 aromatic carbocycles. The van der Waals surface area contributed by atoms with Gasteiger partial charge in [-0.05, 0) is 36.4 Å². The number of nitrogens with one attached hydrogen (secondary N) is 1. The number of nitrogens with zero attached hydrogens (tertiary/aromatic N) is 3. The number of hydrogen-bond acceptors (Lipinski definition) is 5. The van der Waals surface area contributed by atoms with Gasteiger partial charge in [0, 0.05) is 31.9 Å². The van der Waals surface area contributed by atoms with Gasteiger partial charge in [0.2, 0.25) is 0 Å². The molecule has 6 nitrogen and oxygen atoms in total. The molecule has 0 amide bonds. The monoisotopic (exact) mass is 350 g/mol. The molecule has 6 heteroatoms. The van der Waals surface area contributed by atoms with Crippen LogP contribution in [0.2, 0.25) is 0 Å². The van der Waals surface area contributed by atoms with E-state index in [1.54, 1.807) is 13.2 Å². The minimum atomic E-state index is -0.0672. The van der Waals surface area contributed by atoms with E-state index in [0.717, 1.165) is 43.3 Å². The van der Waals surface area contributed by atoms with Crippen LogP contribution in [0.1, 0.15) is 5.82 Å². The number of hydrogen-bond donors (Lipinski definition) is 1. The standard InChI is InChI=1S/C20H22N4O2/c1-26-16-8-6-15(7-9-16)24-12-10-23(11-13-24)14-19-21-18-5-3-2-4-17(18)20(25)22-19/h2-9H,10-14H2,1H3,(H,21,22,25). The van der Waals surface area contributed by atoms with Crippen LogP contribution in [-0.4, -0.2) is 48.2 Å². The number of rotatable bonds is 4. The van der Waals surface area contributed by atoms with Gasteiger partial charge in [0.25, 0.3) is 5.56 Å². The van der Waals surface area contributed by atoms with Gasteiger partial charge in [0.15, 0.2) is 0 Å². The first-order valence-electron chi connectivity index (χ1n) is 8.82. The zero-order chi connectivity index (χ0) is 17.9. The highest BCUT2D eigenvalue weighted by Gasteiger charge is 2.18. The maximum atomic E-state index is 12.2. The van der Waals surface area contributed by atoms with E-state index in [2.05, 4.69) is 31.9 Å². The van der Waals surface area contributed by atoms with Crippen LogP contribution in [0.5, 0.6) is 5.75 Å². The molecule has 1 aromatic heterocycles. The van der Waals surface area contributed by atoms with Gasteiger partial charge in [-0.3, -0.25) is 9.69 Å². The third-order valence-electron chi connectivity index (χ3n) is 4.85. The molecule has 0 radical (unpaired) electrons. The summed E-state index contributed by atoms with van der Waals surface area (Å²) in [4.78, 5) is 24.4. The van der Waals surface area contributed by atoms with Crippen molar-refractivity contribution in [1.82, 2.24) is 14.9 Å². The van der Waals surface area contributed by atoms with E-state index < -0.39 is 0 Å². The SMILES string of the molecule is COc1ccc(N2CCN(Cc3nc4ccccc4c(=O)[nH]3)CC2)cc1. The van der Waals surface area contributed by atoms with Crippen molar-refractivity contribution in [3.05, 3.63) is 64.7 Å². The zero-order valence-electron chi connectivity index (χ0n) is 14.8. The number of piperazine rings is 1. The summed E-state index contributed by atoms with van der Waals surface area (Å²) in [7, 11) is 1.68. The number of aromatic amines is 1. The Morgan fingerprint density at radius 1 is 1.04 bits per heavy atom. The lowest BCUT2D eigenvalue weighted by Crippen LogP contribution is -2.46. The second-order valence-electron chi connectivity index (χ2n) is 6.49. The summed E-state index contributed by atoms with van der Waals surface area (Å²) in [5.74, 6) is 1.60. The Balaban J connectivity index is 1.41. The summed E-state index contributed by atoms with van der Waals surface area (Å²) in [6.07, 6.45) is 0. The molecule has 0 atom stereocenters. The molecule has 3 aromatic rings. The predicted molar refractivity (Wildman–Crippen MR) is 103 cm³/mol. The van der Waals surface area contributed by atoms with Crippen molar-refractivity contribution < 1.29 is 4.74 Å². The number of para-hydroxylation sites is 1. The van der Waals surface area contributed by atoms with Crippen molar-refractivity contribution in [2.75, 3.05) is 38.2 Å². The van der Waals surface area contributed by atoms with Gasteiger partial charge in [-0.1, -0.05) is 12.1 Å². The number of fused-ring (bicyclic) bond motifs is 1. The first-order valence-corrected chi connectivity index (χ1v) is 8.82. The Morgan fingerprint density at radius 2 is 1.77 bits per heavy atom. The zero-order valence-corrected chi connectivity index (χ0v) is 14.8. The van der Waals surface area contributed by atoms with Crippen LogP contribution >= 0.6 is 0 Å². The number of methoxy groups -OCH3 is 1. The molecule has 0 aliphatic carbocycles. The Kier molecular flexibility index (Phi) is 4.58. The quantitative estimate of drug-likeness (QED) is 0.782. The smallest absolute Gasteiger partial charge is 0.258 e. The molecule has 0 saturated carbocycles. The fraction of sp³-hybridized carbons (Fsp3) is 0.300. The molecule has 4 rings (SSSR count). The lowest BCUT2D eigenvalue weighted by molar-refractivity contribution is 0.244. The Morgan fingerprint density at radius 3 is 2.50 bits per heavy atom. The van der Waals surface area contributed by atoms with Crippen molar-refractivity contribution >= 4 is 16.6 Å². The minimum Gasteiger partial charge on any atom is -0.497 e. The van der Waals surface area contributed by atoms with E-state index in [-0.39, 0.29) is 5.56 Å². The molecule has 0 spiro atoms. The van der Waals surface area contributed by atoms with Crippen LogP contribution in [-0.2, 0) is 6.54 Å². The second-order valence-corrected chi connectivity index (χ2v) is 6.49. The van der Waals surface area contributed by atoms with Crippen LogP contribution in [0.15, 0.2) is 53.3 Å². The summed E-state index contributed by atoms with van der Waals surface area (Å²) >= 11 is 0. The average molecular weight is 350 g/mol. The molecule has 1 aliphatic rings. The Labute approximate surface area is 152 Å². The molecule has 1 N–H and O–H groups in total. The van der Waals surface area contributed by atoms with E-state index in [0.29, 0.717) is 11.9 Å². The molecule has 1 aliphatic heterocycles. The average Bonchev–Trinajstić information content (AvgIpc) is 2.69. The largest absolute Gasteiger partial charge is 0.497 e. The van der Waals surface area contributed by atoms with Gasteiger partial charge in [-0.2, -0.15) is 0 Å². The van der Waals surface area contributed by atoms with Gasteiger partial charge in [-0.15, -0.1) is 0 Å². The highest BCUT2D eigenvalue weighted by atomic mass is 16.5. The van der Waals surface area contributed by atoms with E-state index in [4.69, 9.17) is 4.74 Å². The Bertz CT molecular complexity index is 944. The molecular formula is C20H22N4O2. The lowest BCUT2D eigenvalue weighted by Gasteiger charge is -2.35. The van der Waals surface area contributed by atoms with Gasteiger partial charge < -0.3 is 14.6 Å². The molecule has 0 bridgehead atoms. The topological polar surface area (TPSA) is 61.5 Å². The van der Waals surface area contributed by atoms with Crippen LogP contribution in [0.4, 0.5) is 5.69 Å². The summed E-state index contributed by atoms with van der Waals surface area (Å²) < 4.78 is 5.22. The van der Waals surface area contributed by atoms with Crippen molar-refractivity contribution in [2.45, 2.75) is 6.54 Å². The molecule has 1 fully saturated rings. The molecule has 26 heavy (non-hydrogen) atoms. The number of anilines is 1.